The average Bonchev–Trinajstić information content (AvgIpc) is 2.95. The standard InChI is InChI=1S/C28H29N7O4/c1-5-18(2)13-31-33-26-23(16-36)22(8-9-29-26)21-12-24(28(38)34(4)15-21)32-25-7-6-20(14-30-25)27(37)35-10-11-39-17-19(35)3/h5-9,12-16,19H,1-2,10-11,17H2,3-4H3,(H,29,33)(H,30,32)/b31-13-/t19-/m0/s1. The molecule has 1 aliphatic heterocycles. The van der Waals surface area contributed by atoms with Gasteiger partial charge in [0, 0.05) is 37.7 Å². The minimum Gasteiger partial charge on any atom is -0.377 e. The predicted molar refractivity (Wildman–Crippen MR) is 151 cm³/mol. The summed E-state index contributed by atoms with van der Waals surface area (Å²) < 4.78 is 6.81. The molecule has 4 rings (SSSR count). The molecule has 3 aromatic rings. The number of aromatic nitrogens is 3. The van der Waals surface area contributed by atoms with Crippen LogP contribution in [-0.4, -0.2) is 63.6 Å². The third-order valence-corrected chi connectivity index (χ3v) is 6.17. The van der Waals surface area contributed by atoms with Crippen LogP contribution in [0.2, 0.25) is 0 Å². The summed E-state index contributed by atoms with van der Waals surface area (Å²) >= 11 is 0. The number of nitrogens with one attached hydrogen (secondary N) is 2. The lowest BCUT2D eigenvalue weighted by molar-refractivity contribution is 0.00357. The number of carbonyl (C=O) groups excluding carboxylic acids is 2. The maximum absolute atomic E-state index is 12.9. The van der Waals surface area contributed by atoms with E-state index in [9.17, 15) is 14.4 Å². The Labute approximate surface area is 225 Å². The number of aldehydes is 1. The summed E-state index contributed by atoms with van der Waals surface area (Å²) in [6.07, 6.45) is 8.31. The Morgan fingerprint density at radius 2 is 2.10 bits per heavy atom. The van der Waals surface area contributed by atoms with Gasteiger partial charge in [-0.3, -0.25) is 19.8 Å². The van der Waals surface area contributed by atoms with Crippen molar-refractivity contribution < 1.29 is 14.3 Å². The summed E-state index contributed by atoms with van der Waals surface area (Å²) in [7, 11) is 1.61. The normalized spacial score (nSPS) is 15.1. The number of ether oxygens (including phenoxy) is 1. The molecule has 1 fully saturated rings. The number of aryl methyl sites for hydroxylation is 1. The number of morpholine rings is 1. The molecule has 0 aromatic carbocycles. The van der Waals surface area contributed by atoms with Crippen LogP contribution in [0.5, 0.6) is 0 Å². The molecule has 11 heteroatoms. The molecule has 1 saturated heterocycles. The van der Waals surface area contributed by atoms with Gasteiger partial charge in [-0.1, -0.05) is 19.2 Å². The van der Waals surface area contributed by atoms with Crippen molar-refractivity contribution in [2.45, 2.75) is 13.0 Å². The zero-order valence-corrected chi connectivity index (χ0v) is 21.8. The molecule has 200 valence electrons. The number of hydrazone groups is 1. The third kappa shape index (κ3) is 6.16. The Hall–Kier alpha value is -4.90. The van der Waals surface area contributed by atoms with Gasteiger partial charge in [0.1, 0.15) is 11.5 Å². The fourth-order valence-corrected chi connectivity index (χ4v) is 4.04. The largest absolute Gasteiger partial charge is 0.377 e. The summed E-state index contributed by atoms with van der Waals surface area (Å²) in [5.41, 5.74) is 5.14. The number of rotatable bonds is 9. The van der Waals surface area contributed by atoms with Gasteiger partial charge in [0.15, 0.2) is 12.1 Å². The van der Waals surface area contributed by atoms with Gasteiger partial charge in [0.2, 0.25) is 0 Å². The van der Waals surface area contributed by atoms with Gasteiger partial charge >= 0.3 is 0 Å². The molecule has 11 nitrogen and oxygen atoms in total. The summed E-state index contributed by atoms with van der Waals surface area (Å²) in [4.78, 5) is 48.1. The van der Waals surface area contributed by atoms with Crippen molar-refractivity contribution in [3.8, 4) is 11.1 Å². The lowest BCUT2D eigenvalue weighted by Gasteiger charge is -2.33. The Balaban J connectivity index is 1.60. The second-order valence-electron chi connectivity index (χ2n) is 8.93. The smallest absolute Gasteiger partial charge is 0.274 e. The number of anilines is 3. The van der Waals surface area contributed by atoms with Crippen molar-refractivity contribution >= 4 is 35.7 Å². The van der Waals surface area contributed by atoms with Crippen LogP contribution in [0.1, 0.15) is 27.6 Å². The molecule has 4 heterocycles. The molecule has 39 heavy (non-hydrogen) atoms. The first kappa shape index (κ1) is 27.1. The molecule has 0 unspecified atom stereocenters. The van der Waals surface area contributed by atoms with E-state index >= 15 is 0 Å². The molecular weight excluding hydrogens is 498 g/mol. The SMILES string of the molecule is C=CC(=C)/C=N\Nc1nccc(-c2cc(Nc3ccc(C(=O)N4CCOC[C@@H]4C)cn3)c(=O)n(C)c2)c1C=O. The molecule has 0 spiro atoms. The second-order valence-corrected chi connectivity index (χ2v) is 8.93. The van der Waals surface area contributed by atoms with Gasteiger partial charge in [0.05, 0.1) is 36.6 Å². The van der Waals surface area contributed by atoms with Crippen molar-refractivity contribution in [2.75, 3.05) is 30.5 Å². The Morgan fingerprint density at radius 1 is 1.28 bits per heavy atom. The summed E-state index contributed by atoms with van der Waals surface area (Å²) in [6.45, 7) is 10.8. The van der Waals surface area contributed by atoms with Crippen LogP contribution in [0.3, 0.4) is 0 Å². The van der Waals surface area contributed by atoms with Crippen molar-refractivity contribution in [3.63, 3.8) is 0 Å². The van der Waals surface area contributed by atoms with Crippen LogP contribution >= 0.6 is 0 Å². The Morgan fingerprint density at radius 3 is 2.79 bits per heavy atom. The monoisotopic (exact) mass is 527 g/mol. The van der Waals surface area contributed by atoms with E-state index in [1.165, 1.54) is 23.2 Å². The van der Waals surface area contributed by atoms with Crippen molar-refractivity contribution in [1.82, 2.24) is 19.4 Å². The fraction of sp³-hybridized carbons (Fsp3) is 0.214. The van der Waals surface area contributed by atoms with Gasteiger partial charge in [-0.15, -0.1) is 0 Å². The highest BCUT2D eigenvalue weighted by Crippen LogP contribution is 2.28. The number of allylic oxidation sites excluding steroid dienone is 2. The molecular formula is C28H29N7O4. The molecule has 0 aliphatic carbocycles. The van der Waals surface area contributed by atoms with Crippen molar-refractivity contribution in [1.29, 1.82) is 0 Å². The van der Waals surface area contributed by atoms with Crippen molar-refractivity contribution in [3.05, 3.63) is 89.1 Å². The minimum atomic E-state index is -0.296. The zero-order chi connectivity index (χ0) is 27.9. The molecule has 0 saturated carbocycles. The number of hydrogen-bond donors (Lipinski definition) is 2. The highest BCUT2D eigenvalue weighted by atomic mass is 16.5. The first-order chi connectivity index (χ1) is 18.8. The number of amides is 1. The van der Waals surface area contributed by atoms with Gasteiger partial charge in [-0.25, -0.2) is 9.97 Å². The van der Waals surface area contributed by atoms with Gasteiger partial charge in [0.25, 0.3) is 11.5 Å². The molecule has 0 bridgehead atoms. The first-order valence-corrected chi connectivity index (χ1v) is 12.2. The molecule has 1 amide bonds. The van der Waals surface area contributed by atoms with E-state index in [1.807, 2.05) is 6.92 Å². The van der Waals surface area contributed by atoms with Crippen LogP contribution in [0.25, 0.3) is 11.1 Å². The van der Waals surface area contributed by atoms with Crippen LogP contribution in [-0.2, 0) is 11.8 Å². The maximum atomic E-state index is 12.9. The quantitative estimate of drug-likeness (QED) is 0.187. The lowest BCUT2D eigenvalue weighted by atomic mass is 10.0. The van der Waals surface area contributed by atoms with E-state index in [0.29, 0.717) is 54.1 Å². The van der Waals surface area contributed by atoms with Crippen LogP contribution < -0.4 is 16.3 Å². The van der Waals surface area contributed by atoms with E-state index in [0.717, 1.165) is 0 Å². The average molecular weight is 528 g/mol. The first-order valence-electron chi connectivity index (χ1n) is 12.2. The summed E-state index contributed by atoms with van der Waals surface area (Å²) in [5, 5.41) is 7.07. The van der Waals surface area contributed by atoms with Crippen LogP contribution in [0.4, 0.5) is 17.3 Å². The molecule has 1 atom stereocenters. The lowest BCUT2D eigenvalue weighted by Crippen LogP contribution is -2.47. The number of pyridine rings is 3. The van der Waals surface area contributed by atoms with E-state index in [2.05, 4.69) is 39.0 Å². The maximum Gasteiger partial charge on any atom is 0.274 e. The highest BCUT2D eigenvalue weighted by Gasteiger charge is 2.25. The van der Waals surface area contributed by atoms with Crippen LogP contribution in [0.15, 0.2) is 77.6 Å². The number of carbonyl (C=O) groups is 2. The predicted octanol–water partition coefficient (Wildman–Crippen LogP) is 3.40. The summed E-state index contributed by atoms with van der Waals surface area (Å²) in [6, 6.07) is 6.60. The van der Waals surface area contributed by atoms with E-state index in [-0.39, 0.29) is 34.6 Å². The van der Waals surface area contributed by atoms with Crippen LogP contribution in [0, 0.1) is 0 Å². The van der Waals surface area contributed by atoms with E-state index < -0.39 is 0 Å². The van der Waals surface area contributed by atoms with E-state index in [1.54, 1.807) is 48.5 Å². The van der Waals surface area contributed by atoms with E-state index in [4.69, 9.17) is 4.74 Å². The topological polar surface area (TPSA) is 131 Å². The fourth-order valence-electron chi connectivity index (χ4n) is 4.04. The molecule has 0 radical (unpaired) electrons. The Kier molecular flexibility index (Phi) is 8.42. The molecule has 2 N–H and O–H groups in total. The minimum absolute atomic E-state index is 0.0200. The zero-order valence-electron chi connectivity index (χ0n) is 21.8. The molecule has 3 aromatic heterocycles. The third-order valence-electron chi connectivity index (χ3n) is 6.17. The second kappa shape index (κ2) is 12.1. The summed E-state index contributed by atoms with van der Waals surface area (Å²) in [5.74, 6) is 0.514. The van der Waals surface area contributed by atoms with Gasteiger partial charge < -0.3 is 19.5 Å². The Bertz CT molecular complexity index is 1490. The van der Waals surface area contributed by atoms with Gasteiger partial charge in [-0.2, -0.15) is 5.10 Å². The molecule has 1 aliphatic rings. The van der Waals surface area contributed by atoms with Crippen molar-refractivity contribution in [2.24, 2.45) is 12.1 Å². The number of nitrogens with zero attached hydrogens (tertiary/aromatic N) is 5. The van der Waals surface area contributed by atoms with Gasteiger partial charge in [-0.05, 0) is 42.3 Å². The number of hydrogen-bond acceptors (Lipinski definition) is 9. The highest BCUT2D eigenvalue weighted by molar-refractivity contribution is 5.95.